The highest BCUT2D eigenvalue weighted by molar-refractivity contribution is 5.67. The average Bonchev–Trinajstić information content (AvgIpc) is 2.60. The molecule has 0 amide bonds. The van der Waals surface area contributed by atoms with Gasteiger partial charge in [-0.3, -0.25) is 0 Å². The number of rotatable bonds is 10. The molecule has 1 heteroatoms. The lowest BCUT2D eigenvalue weighted by atomic mass is 10.0. The van der Waals surface area contributed by atoms with Crippen LogP contribution < -0.4 is 5.32 Å². The molecule has 0 heterocycles. The van der Waals surface area contributed by atoms with E-state index >= 15 is 0 Å². The third-order valence-corrected chi connectivity index (χ3v) is 4.10. The van der Waals surface area contributed by atoms with Crippen LogP contribution in [0.4, 0.5) is 11.4 Å². The molecule has 0 aromatic heterocycles. The molecule has 25 heavy (non-hydrogen) atoms. The molecular formula is C24H27N. The van der Waals surface area contributed by atoms with Gasteiger partial charge in [-0.2, -0.15) is 0 Å². The van der Waals surface area contributed by atoms with Crippen LogP contribution >= 0.6 is 0 Å². The molecule has 0 saturated carbocycles. The van der Waals surface area contributed by atoms with Crippen molar-refractivity contribution in [1.82, 2.24) is 0 Å². The molecule has 0 saturated heterocycles. The van der Waals surface area contributed by atoms with Crippen LogP contribution in [0.25, 0.3) is 0 Å². The van der Waals surface area contributed by atoms with Crippen molar-refractivity contribution in [2.24, 2.45) is 0 Å². The highest BCUT2D eigenvalue weighted by Crippen LogP contribution is 2.27. The molecule has 0 fully saturated rings. The van der Waals surface area contributed by atoms with Crippen molar-refractivity contribution < 1.29 is 0 Å². The van der Waals surface area contributed by atoms with E-state index in [9.17, 15) is 0 Å². The molecule has 0 aliphatic heterocycles. The fourth-order valence-corrected chi connectivity index (χ4v) is 2.92. The van der Waals surface area contributed by atoms with Gasteiger partial charge in [-0.25, -0.2) is 0 Å². The number of allylic oxidation sites excluding steroid dienone is 4. The first-order valence-corrected chi connectivity index (χ1v) is 8.66. The van der Waals surface area contributed by atoms with Crippen LogP contribution in [-0.4, -0.2) is 0 Å². The zero-order chi connectivity index (χ0) is 18.1. The quantitative estimate of drug-likeness (QED) is 0.501. The van der Waals surface area contributed by atoms with Crippen LogP contribution in [0.15, 0.2) is 87.0 Å². The van der Waals surface area contributed by atoms with Crippen LogP contribution in [0.5, 0.6) is 0 Å². The van der Waals surface area contributed by atoms with E-state index in [1.54, 1.807) is 0 Å². The first-order chi connectivity index (χ1) is 12.2. The Morgan fingerprint density at radius 3 is 1.36 bits per heavy atom. The molecule has 128 valence electrons. The van der Waals surface area contributed by atoms with Gasteiger partial charge in [0.1, 0.15) is 0 Å². The van der Waals surface area contributed by atoms with E-state index in [2.05, 4.69) is 68.0 Å². The molecule has 2 aromatic rings. The first kappa shape index (κ1) is 18.5. The van der Waals surface area contributed by atoms with E-state index < -0.39 is 0 Å². The summed E-state index contributed by atoms with van der Waals surface area (Å²) in [5.74, 6) is 0. The Morgan fingerprint density at radius 2 is 1.00 bits per heavy atom. The Hall–Kier alpha value is -2.80. The molecule has 1 nitrogen and oxygen atoms in total. The Kier molecular flexibility index (Phi) is 7.03. The van der Waals surface area contributed by atoms with E-state index in [4.69, 9.17) is 0 Å². The minimum absolute atomic E-state index is 0.832. The Balaban J connectivity index is 2.37. The first-order valence-electron chi connectivity index (χ1n) is 8.66. The number of hydrogen-bond acceptors (Lipinski definition) is 1. The van der Waals surface area contributed by atoms with Crippen molar-refractivity contribution in [2.75, 3.05) is 5.32 Å². The van der Waals surface area contributed by atoms with E-state index in [0.29, 0.717) is 0 Å². The number of hydrogen-bond donors (Lipinski definition) is 1. The minimum Gasteiger partial charge on any atom is -0.355 e. The lowest BCUT2D eigenvalue weighted by molar-refractivity contribution is 1.19. The van der Waals surface area contributed by atoms with Crippen molar-refractivity contribution >= 4 is 11.4 Å². The summed E-state index contributed by atoms with van der Waals surface area (Å²) in [7, 11) is 0. The minimum atomic E-state index is 0.832. The van der Waals surface area contributed by atoms with E-state index in [-0.39, 0.29) is 0 Å². The summed E-state index contributed by atoms with van der Waals surface area (Å²) in [6.07, 6.45) is 11.2. The van der Waals surface area contributed by atoms with Gasteiger partial charge in [0.25, 0.3) is 0 Å². The molecule has 0 aliphatic carbocycles. The third-order valence-electron chi connectivity index (χ3n) is 4.10. The largest absolute Gasteiger partial charge is 0.355 e. The zero-order valence-electron chi connectivity index (χ0n) is 14.9. The molecule has 0 bridgehead atoms. The smallest absolute Gasteiger partial charge is 0.0420 e. The van der Waals surface area contributed by atoms with Gasteiger partial charge in [0.15, 0.2) is 0 Å². The van der Waals surface area contributed by atoms with Crippen LogP contribution in [0.2, 0.25) is 0 Å². The van der Waals surface area contributed by atoms with E-state index in [0.717, 1.165) is 37.1 Å². The standard InChI is InChI=1S/C24H27N/c1-5-9-19-13-15-23(21(17-19)11-7-3)25-24-16-14-20(10-6-2)18-22(24)12-8-4/h5-8,13-18,25H,1-4,9-12H2. The molecule has 0 unspecified atom stereocenters. The van der Waals surface area contributed by atoms with Gasteiger partial charge >= 0.3 is 0 Å². The van der Waals surface area contributed by atoms with Crippen LogP contribution in [-0.2, 0) is 25.7 Å². The third kappa shape index (κ3) is 5.09. The SMILES string of the molecule is C=CCc1ccc(Nc2ccc(CC=C)cc2CC=C)c(CC=C)c1. The monoisotopic (exact) mass is 329 g/mol. The second-order valence-electron chi connectivity index (χ2n) is 6.08. The number of benzene rings is 2. The molecule has 0 spiro atoms. The zero-order valence-corrected chi connectivity index (χ0v) is 14.9. The molecular weight excluding hydrogens is 302 g/mol. The molecule has 0 atom stereocenters. The lowest BCUT2D eigenvalue weighted by Crippen LogP contribution is -2.01. The average molecular weight is 329 g/mol. The Labute approximate surface area is 152 Å². The maximum atomic E-state index is 3.89. The summed E-state index contributed by atoms with van der Waals surface area (Å²) in [5, 5.41) is 3.60. The molecule has 2 rings (SSSR count). The lowest BCUT2D eigenvalue weighted by Gasteiger charge is -2.16. The second kappa shape index (κ2) is 9.48. The van der Waals surface area contributed by atoms with E-state index in [1.165, 1.54) is 22.3 Å². The van der Waals surface area contributed by atoms with Crippen LogP contribution in [0, 0.1) is 0 Å². The number of anilines is 2. The second-order valence-corrected chi connectivity index (χ2v) is 6.08. The van der Waals surface area contributed by atoms with Crippen molar-refractivity contribution in [3.63, 3.8) is 0 Å². The maximum Gasteiger partial charge on any atom is 0.0420 e. The van der Waals surface area contributed by atoms with Crippen LogP contribution in [0.1, 0.15) is 22.3 Å². The fourth-order valence-electron chi connectivity index (χ4n) is 2.92. The van der Waals surface area contributed by atoms with Gasteiger partial charge in [0.2, 0.25) is 0 Å². The van der Waals surface area contributed by atoms with Crippen molar-refractivity contribution in [3.8, 4) is 0 Å². The van der Waals surface area contributed by atoms with Crippen molar-refractivity contribution in [1.29, 1.82) is 0 Å². The summed E-state index contributed by atoms with van der Waals surface area (Å²) in [5.41, 5.74) is 7.27. The van der Waals surface area contributed by atoms with Gasteiger partial charge in [-0.1, -0.05) is 48.6 Å². The summed E-state index contributed by atoms with van der Waals surface area (Å²) in [6, 6.07) is 13.0. The van der Waals surface area contributed by atoms with Crippen molar-refractivity contribution in [3.05, 3.63) is 109 Å². The predicted octanol–water partition coefficient (Wildman–Crippen LogP) is 6.34. The Bertz CT molecular complexity index is 702. The molecule has 0 radical (unpaired) electrons. The summed E-state index contributed by atoms with van der Waals surface area (Å²) >= 11 is 0. The highest BCUT2D eigenvalue weighted by atomic mass is 14.9. The highest BCUT2D eigenvalue weighted by Gasteiger charge is 2.07. The van der Waals surface area contributed by atoms with Gasteiger partial charge in [0.05, 0.1) is 0 Å². The maximum absolute atomic E-state index is 3.89. The summed E-state index contributed by atoms with van der Waals surface area (Å²) in [4.78, 5) is 0. The van der Waals surface area contributed by atoms with Gasteiger partial charge in [-0.15, -0.1) is 26.3 Å². The predicted molar refractivity (Wildman–Crippen MR) is 112 cm³/mol. The van der Waals surface area contributed by atoms with Crippen LogP contribution in [0.3, 0.4) is 0 Å². The summed E-state index contributed by atoms with van der Waals surface area (Å²) in [6.45, 7) is 15.4. The number of nitrogens with one attached hydrogen (secondary N) is 1. The van der Waals surface area contributed by atoms with E-state index in [1.807, 2.05) is 24.3 Å². The normalized spacial score (nSPS) is 10.1. The molecule has 2 aromatic carbocycles. The van der Waals surface area contributed by atoms with Gasteiger partial charge < -0.3 is 5.32 Å². The van der Waals surface area contributed by atoms with Gasteiger partial charge in [0, 0.05) is 11.4 Å². The Morgan fingerprint density at radius 1 is 0.600 bits per heavy atom. The molecule has 0 aliphatic rings. The molecule has 1 N–H and O–H groups in total. The van der Waals surface area contributed by atoms with Crippen molar-refractivity contribution in [2.45, 2.75) is 25.7 Å². The van der Waals surface area contributed by atoms with Gasteiger partial charge in [-0.05, 0) is 60.1 Å². The summed E-state index contributed by atoms with van der Waals surface area (Å²) < 4.78 is 0. The topological polar surface area (TPSA) is 12.0 Å². The fraction of sp³-hybridized carbons (Fsp3) is 0.167.